The summed E-state index contributed by atoms with van der Waals surface area (Å²) >= 11 is 0. The van der Waals surface area contributed by atoms with Crippen LogP contribution in [-0.2, 0) is 9.59 Å². The van der Waals surface area contributed by atoms with E-state index in [4.69, 9.17) is 10.8 Å². The molecule has 0 aromatic carbocycles. The molecule has 0 heterocycles. The van der Waals surface area contributed by atoms with Crippen molar-refractivity contribution < 1.29 is 14.7 Å². The van der Waals surface area contributed by atoms with E-state index in [-0.39, 0.29) is 18.9 Å². The van der Waals surface area contributed by atoms with Gasteiger partial charge in [0.1, 0.15) is 0 Å². The first-order chi connectivity index (χ1) is 8.31. The van der Waals surface area contributed by atoms with Crippen LogP contribution in [0, 0.1) is 5.41 Å². The van der Waals surface area contributed by atoms with Gasteiger partial charge in [-0.3, -0.25) is 9.59 Å². The summed E-state index contributed by atoms with van der Waals surface area (Å²) in [4.78, 5) is 23.2. The zero-order chi connectivity index (χ0) is 13.8. The summed E-state index contributed by atoms with van der Waals surface area (Å²) in [5.74, 6) is -1.00. The Morgan fingerprint density at radius 3 is 2.28 bits per heavy atom. The Hall–Kier alpha value is -1.10. The molecular weight excluding hydrogens is 232 g/mol. The molecule has 0 spiro atoms. The van der Waals surface area contributed by atoms with Crippen LogP contribution in [0.4, 0.5) is 0 Å². The fraction of sp³-hybridized carbons (Fsp3) is 0.846. The highest BCUT2D eigenvalue weighted by Crippen LogP contribution is 2.32. The van der Waals surface area contributed by atoms with Crippen molar-refractivity contribution in [1.82, 2.24) is 5.32 Å². The third kappa shape index (κ3) is 3.70. The van der Waals surface area contributed by atoms with E-state index in [2.05, 4.69) is 5.32 Å². The number of nitrogens with two attached hydrogens (primary N) is 1. The monoisotopic (exact) mass is 256 g/mol. The standard InChI is InChI=1S/C13H24N2O3/c1-12(2,9-14)11(18)15-13(8-10(16)17)6-4-3-5-7-13/h3-9,14H2,1-2H3,(H,15,18)(H,16,17). The van der Waals surface area contributed by atoms with Gasteiger partial charge < -0.3 is 16.2 Å². The smallest absolute Gasteiger partial charge is 0.305 e. The predicted molar refractivity (Wildman–Crippen MR) is 69.0 cm³/mol. The Balaban J connectivity index is 2.78. The Morgan fingerprint density at radius 2 is 1.83 bits per heavy atom. The zero-order valence-electron chi connectivity index (χ0n) is 11.3. The highest BCUT2D eigenvalue weighted by molar-refractivity contribution is 5.83. The van der Waals surface area contributed by atoms with E-state index in [1.54, 1.807) is 13.8 Å². The first-order valence-electron chi connectivity index (χ1n) is 6.56. The summed E-state index contributed by atoms with van der Waals surface area (Å²) in [6.45, 7) is 3.81. The van der Waals surface area contributed by atoms with Crippen LogP contribution < -0.4 is 11.1 Å². The highest BCUT2D eigenvalue weighted by Gasteiger charge is 2.39. The van der Waals surface area contributed by atoms with Crippen molar-refractivity contribution in [3.05, 3.63) is 0 Å². The first kappa shape index (κ1) is 15.0. The number of rotatable bonds is 5. The van der Waals surface area contributed by atoms with Crippen molar-refractivity contribution in [1.29, 1.82) is 0 Å². The molecule has 0 saturated heterocycles. The van der Waals surface area contributed by atoms with Crippen LogP contribution in [0.15, 0.2) is 0 Å². The minimum atomic E-state index is -0.859. The SMILES string of the molecule is CC(C)(CN)C(=O)NC1(CC(=O)O)CCCCC1. The maximum absolute atomic E-state index is 12.2. The largest absolute Gasteiger partial charge is 0.481 e. The van der Waals surface area contributed by atoms with E-state index >= 15 is 0 Å². The average Bonchev–Trinajstić information content (AvgIpc) is 2.28. The van der Waals surface area contributed by atoms with Gasteiger partial charge in [-0.1, -0.05) is 19.3 Å². The van der Waals surface area contributed by atoms with Gasteiger partial charge in [0.25, 0.3) is 0 Å². The Bertz CT molecular complexity index is 320. The fourth-order valence-corrected chi connectivity index (χ4v) is 2.37. The summed E-state index contributed by atoms with van der Waals surface area (Å²) in [6, 6.07) is 0. The van der Waals surface area contributed by atoms with Gasteiger partial charge in [0.2, 0.25) is 5.91 Å². The van der Waals surface area contributed by atoms with Crippen LogP contribution in [-0.4, -0.2) is 29.1 Å². The molecule has 1 saturated carbocycles. The molecule has 0 bridgehead atoms. The molecule has 104 valence electrons. The zero-order valence-corrected chi connectivity index (χ0v) is 11.3. The van der Waals surface area contributed by atoms with Gasteiger partial charge in [0.05, 0.1) is 17.4 Å². The molecule has 18 heavy (non-hydrogen) atoms. The quantitative estimate of drug-likeness (QED) is 0.690. The molecule has 5 heteroatoms. The molecule has 5 nitrogen and oxygen atoms in total. The lowest BCUT2D eigenvalue weighted by Crippen LogP contribution is -2.55. The van der Waals surface area contributed by atoms with Gasteiger partial charge in [0.15, 0.2) is 0 Å². The molecule has 0 aliphatic heterocycles. The minimum Gasteiger partial charge on any atom is -0.481 e. The second-order valence-electron chi connectivity index (χ2n) is 5.95. The maximum atomic E-state index is 12.2. The lowest BCUT2D eigenvalue weighted by molar-refractivity contribution is -0.140. The predicted octanol–water partition coefficient (Wildman–Crippen LogP) is 1.27. The molecule has 0 radical (unpaired) electrons. The second kappa shape index (κ2) is 5.69. The third-order valence-corrected chi connectivity index (χ3v) is 3.80. The third-order valence-electron chi connectivity index (χ3n) is 3.80. The molecule has 1 rings (SSSR count). The number of carboxylic acids is 1. The Labute approximate surface area is 108 Å². The number of hydrogen-bond acceptors (Lipinski definition) is 3. The summed E-state index contributed by atoms with van der Waals surface area (Å²) in [6.07, 6.45) is 4.53. The molecule has 4 N–H and O–H groups in total. The summed E-state index contributed by atoms with van der Waals surface area (Å²) in [7, 11) is 0. The number of carboxylic acid groups (broad SMARTS) is 1. The Morgan fingerprint density at radius 1 is 1.28 bits per heavy atom. The lowest BCUT2D eigenvalue weighted by Gasteiger charge is -2.39. The van der Waals surface area contributed by atoms with E-state index in [1.165, 1.54) is 0 Å². The lowest BCUT2D eigenvalue weighted by atomic mass is 9.78. The van der Waals surface area contributed by atoms with E-state index in [1.807, 2.05) is 0 Å². The molecule has 1 amide bonds. The van der Waals surface area contributed by atoms with Gasteiger partial charge in [0, 0.05) is 6.54 Å². The number of amides is 1. The van der Waals surface area contributed by atoms with Gasteiger partial charge in [-0.2, -0.15) is 0 Å². The summed E-state index contributed by atoms with van der Waals surface area (Å²) in [5.41, 5.74) is 4.35. The van der Waals surface area contributed by atoms with Crippen molar-refractivity contribution in [2.75, 3.05) is 6.54 Å². The van der Waals surface area contributed by atoms with E-state index < -0.39 is 16.9 Å². The van der Waals surface area contributed by atoms with Gasteiger partial charge in [-0.15, -0.1) is 0 Å². The van der Waals surface area contributed by atoms with Crippen LogP contribution in [0.3, 0.4) is 0 Å². The van der Waals surface area contributed by atoms with E-state index in [0.29, 0.717) is 0 Å². The number of carbonyl (C=O) groups is 2. The molecule has 0 aromatic rings. The molecule has 1 fully saturated rings. The number of hydrogen-bond donors (Lipinski definition) is 3. The second-order valence-corrected chi connectivity index (χ2v) is 5.95. The average molecular weight is 256 g/mol. The van der Waals surface area contributed by atoms with Gasteiger partial charge in [-0.25, -0.2) is 0 Å². The van der Waals surface area contributed by atoms with Crippen molar-refractivity contribution in [2.24, 2.45) is 11.1 Å². The molecule has 0 aromatic heterocycles. The van der Waals surface area contributed by atoms with Crippen LogP contribution in [0.1, 0.15) is 52.4 Å². The number of nitrogens with one attached hydrogen (secondary N) is 1. The normalized spacial score (nSPS) is 19.3. The Kier molecular flexibility index (Phi) is 4.73. The summed E-state index contributed by atoms with van der Waals surface area (Å²) < 4.78 is 0. The highest BCUT2D eigenvalue weighted by atomic mass is 16.4. The molecule has 0 unspecified atom stereocenters. The topological polar surface area (TPSA) is 92.4 Å². The fourth-order valence-electron chi connectivity index (χ4n) is 2.37. The van der Waals surface area contributed by atoms with E-state index in [9.17, 15) is 9.59 Å². The van der Waals surface area contributed by atoms with Crippen LogP contribution in [0.2, 0.25) is 0 Å². The van der Waals surface area contributed by atoms with Crippen LogP contribution >= 0.6 is 0 Å². The van der Waals surface area contributed by atoms with E-state index in [0.717, 1.165) is 32.1 Å². The molecule has 0 atom stereocenters. The first-order valence-corrected chi connectivity index (χ1v) is 6.56. The van der Waals surface area contributed by atoms with Gasteiger partial charge in [-0.05, 0) is 26.7 Å². The number of carbonyl (C=O) groups excluding carboxylic acids is 1. The van der Waals surface area contributed by atoms with Crippen LogP contribution in [0.5, 0.6) is 0 Å². The van der Waals surface area contributed by atoms with Crippen LogP contribution in [0.25, 0.3) is 0 Å². The molecular formula is C13H24N2O3. The van der Waals surface area contributed by atoms with Crippen molar-refractivity contribution in [2.45, 2.75) is 57.9 Å². The summed E-state index contributed by atoms with van der Waals surface area (Å²) in [5, 5.41) is 12.0. The van der Waals surface area contributed by atoms with Gasteiger partial charge >= 0.3 is 5.97 Å². The van der Waals surface area contributed by atoms with Crippen molar-refractivity contribution in [3.63, 3.8) is 0 Å². The van der Waals surface area contributed by atoms with Crippen molar-refractivity contribution >= 4 is 11.9 Å². The molecule has 1 aliphatic rings. The number of aliphatic carboxylic acids is 1. The minimum absolute atomic E-state index is 0.000604. The maximum Gasteiger partial charge on any atom is 0.305 e. The molecule has 1 aliphatic carbocycles. The van der Waals surface area contributed by atoms with Crippen molar-refractivity contribution in [3.8, 4) is 0 Å².